The number of anilines is 3. The number of carbonyl (C=O) groups is 1. The molecule has 220 valence electrons. The van der Waals surface area contributed by atoms with Crippen LogP contribution in [0.15, 0.2) is 107 Å². The molecule has 0 atom stereocenters. The van der Waals surface area contributed by atoms with Crippen LogP contribution in [-0.2, 0) is 24.8 Å². The average Bonchev–Trinajstić information content (AvgIpc) is 2.97. The van der Waals surface area contributed by atoms with E-state index in [1.807, 2.05) is 6.92 Å². The number of ether oxygens (including phenoxy) is 2. The van der Waals surface area contributed by atoms with Gasteiger partial charge in [-0.05, 0) is 104 Å². The first-order valence-corrected chi connectivity index (χ1v) is 15.5. The molecular weight excluding hydrogens is 585 g/mol. The van der Waals surface area contributed by atoms with Gasteiger partial charge in [0.2, 0.25) is 5.91 Å². The Balaban J connectivity index is 1.52. The Bertz CT molecular complexity index is 1730. The molecule has 0 aromatic heterocycles. The van der Waals surface area contributed by atoms with E-state index in [9.17, 15) is 26.0 Å². The molecule has 10 nitrogen and oxygen atoms in total. The maximum atomic E-state index is 13.5. The van der Waals surface area contributed by atoms with Crippen LogP contribution < -0.4 is 23.8 Å². The zero-order valence-corrected chi connectivity index (χ0v) is 24.3. The van der Waals surface area contributed by atoms with E-state index < -0.39 is 38.3 Å². The summed E-state index contributed by atoms with van der Waals surface area (Å²) < 4.78 is 79.9. The van der Waals surface area contributed by atoms with Crippen LogP contribution in [0, 0.1) is 5.82 Å². The van der Waals surface area contributed by atoms with E-state index in [0.717, 1.165) is 28.6 Å². The van der Waals surface area contributed by atoms with Gasteiger partial charge in [0.25, 0.3) is 20.0 Å². The lowest BCUT2D eigenvalue weighted by Gasteiger charge is -2.24. The minimum absolute atomic E-state index is 0.0498. The molecule has 0 saturated carbocycles. The highest BCUT2D eigenvalue weighted by Crippen LogP contribution is 2.27. The smallest absolute Gasteiger partial charge is 0.264 e. The lowest BCUT2D eigenvalue weighted by atomic mass is 10.3. The third-order valence-corrected chi connectivity index (χ3v) is 9.10. The molecule has 4 aromatic rings. The Kier molecular flexibility index (Phi) is 9.33. The molecule has 13 heteroatoms. The molecule has 42 heavy (non-hydrogen) atoms. The van der Waals surface area contributed by atoms with Crippen molar-refractivity contribution in [3.05, 3.63) is 103 Å². The maximum absolute atomic E-state index is 13.5. The minimum Gasteiger partial charge on any atom is -0.497 e. The number of sulfonamides is 2. The molecule has 0 spiro atoms. The zero-order chi connectivity index (χ0) is 30.3. The van der Waals surface area contributed by atoms with Gasteiger partial charge < -0.3 is 14.8 Å². The Labute approximate surface area is 243 Å². The number of amides is 1. The molecule has 1 amide bonds. The fourth-order valence-corrected chi connectivity index (χ4v) is 6.33. The van der Waals surface area contributed by atoms with Crippen molar-refractivity contribution in [2.24, 2.45) is 0 Å². The van der Waals surface area contributed by atoms with Gasteiger partial charge in [-0.3, -0.25) is 13.8 Å². The SMILES string of the molecule is CCOc1ccc(N(CC(=O)Nc2ccc(S(=O)(=O)Nc3ccc(OC)cc3)cc2)S(=O)(=O)c2ccc(F)cc2)cc1. The number of hydrogen-bond acceptors (Lipinski definition) is 7. The predicted octanol–water partition coefficient (Wildman–Crippen LogP) is 4.87. The zero-order valence-electron chi connectivity index (χ0n) is 22.7. The van der Waals surface area contributed by atoms with Crippen LogP contribution in [0.2, 0.25) is 0 Å². The second kappa shape index (κ2) is 12.9. The van der Waals surface area contributed by atoms with Crippen molar-refractivity contribution in [3.8, 4) is 11.5 Å². The van der Waals surface area contributed by atoms with E-state index in [1.54, 1.807) is 36.4 Å². The van der Waals surface area contributed by atoms with Crippen molar-refractivity contribution < 1.29 is 35.5 Å². The highest BCUT2D eigenvalue weighted by atomic mass is 32.2. The molecule has 4 aromatic carbocycles. The number of methoxy groups -OCH3 is 1. The molecule has 0 aliphatic heterocycles. The Hall–Kier alpha value is -4.62. The Morgan fingerprint density at radius 3 is 1.88 bits per heavy atom. The van der Waals surface area contributed by atoms with Crippen molar-refractivity contribution in [2.45, 2.75) is 16.7 Å². The molecule has 0 aliphatic rings. The van der Waals surface area contributed by atoms with Crippen molar-refractivity contribution in [1.29, 1.82) is 0 Å². The fourth-order valence-electron chi connectivity index (χ4n) is 3.85. The van der Waals surface area contributed by atoms with E-state index in [4.69, 9.17) is 9.47 Å². The van der Waals surface area contributed by atoms with Crippen LogP contribution in [0.4, 0.5) is 21.5 Å². The van der Waals surface area contributed by atoms with Gasteiger partial charge in [-0.2, -0.15) is 0 Å². The molecule has 0 bridgehead atoms. The summed E-state index contributed by atoms with van der Waals surface area (Å²) in [5.74, 6) is -0.212. The number of benzene rings is 4. The molecule has 0 unspecified atom stereocenters. The first-order chi connectivity index (χ1) is 20.0. The topological polar surface area (TPSA) is 131 Å². The maximum Gasteiger partial charge on any atom is 0.264 e. The van der Waals surface area contributed by atoms with Crippen LogP contribution >= 0.6 is 0 Å². The van der Waals surface area contributed by atoms with E-state index in [0.29, 0.717) is 23.8 Å². The summed E-state index contributed by atoms with van der Waals surface area (Å²) in [6, 6.07) is 22.1. The fraction of sp³-hybridized carbons (Fsp3) is 0.138. The van der Waals surface area contributed by atoms with Crippen molar-refractivity contribution in [2.75, 3.05) is 34.6 Å². The number of halogens is 1. The first-order valence-electron chi connectivity index (χ1n) is 12.6. The number of carbonyl (C=O) groups excluding carboxylic acids is 1. The molecule has 4 rings (SSSR count). The second-order valence-corrected chi connectivity index (χ2v) is 12.3. The third kappa shape index (κ3) is 7.36. The quantitative estimate of drug-likeness (QED) is 0.233. The largest absolute Gasteiger partial charge is 0.497 e. The van der Waals surface area contributed by atoms with Gasteiger partial charge in [0.1, 0.15) is 23.9 Å². The van der Waals surface area contributed by atoms with Crippen LogP contribution in [0.3, 0.4) is 0 Å². The van der Waals surface area contributed by atoms with Gasteiger partial charge >= 0.3 is 0 Å². The second-order valence-electron chi connectivity index (χ2n) is 8.80. The van der Waals surface area contributed by atoms with Gasteiger partial charge in [0.05, 0.1) is 29.2 Å². The number of nitrogens with one attached hydrogen (secondary N) is 2. The van der Waals surface area contributed by atoms with Gasteiger partial charge in [0, 0.05) is 11.4 Å². The molecule has 2 N–H and O–H groups in total. The summed E-state index contributed by atoms with van der Waals surface area (Å²) in [6.45, 7) is 1.60. The standard InChI is InChI=1S/C29H28FN3O7S2/c1-3-40-26-14-10-24(11-15-26)33(42(37,38)28-16-4-21(30)5-17-28)20-29(34)31-22-8-18-27(19-9-22)41(35,36)32-23-6-12-25(39-2)13-7-23/h4-19,32H,3,20H2,1-2H3,(H,31,34). The van der Waals surface area contributed by atoms with Gasteiger partial charge in [-0.15, -0.1) is 0 Å². The van der Waals surface area contributed by atoms with Crippen molar-refractivity contribution in [1.82, 2.24) is 0 Å². The van der Waals surface area contributed by atoms with E-state index in [2.05, 4.69) is 10.0 Å². The lowest BCUT2D eigenvalue weighted by Crippen LogP contribution is -2.38. The van der Waals surface area contributed by atoms with E-state index >= 15 is 0 Å². The van der Waals surface area contributed by atoms with Crippen LogP contribution in [0.1, 0.15) is 6.92 Å². The van der Waals surface area contributed by atoms with Crippen LogP contribution in [0.5, 0.6) is 11.5 Å². The molecule has 0 fully saturated rings. The molecule has 0 heterocycles. The predicted molar refractivity (Wildman–Crippen MR) is 157 cm³/mol. The third-order valence-electron chi connectivity index (χ3n) is 5.92. The van der Waals surface area contributed by atoms with Crippen molar-refractivity contribution in [3.63, 3.8) is 0 Å². The number of nitrogens with zero attached hydrogens (tertiary/aromatic N) is 1. The van der Waals surface area contributed by atoms with Crippen LogP contribution in [-0.4, -0.2) is 43.0 Å². The van der Waals surface area contributed by atoms with E-state index in [1.165, 1.54) is 43.5 Å². The average molecular weight is 614 g/mol. The van der Waals surface area contributed by atoms with Gasteiger partial charge in [-0.1, -0.05) is 0 Å². The normalized spacial score (nSPS) is 11.4. The van der Waals surface area contributed by atoms with E-state index in [-0.39, 0.29) is 21.2 Å². The first kappa shape index (κ1) is 30.3. The monoisotopic (exact) mass is 613 g/mol. The highest BCUT2D eigenvalue weighted by Gasteiger charge is 2.27. The van der Waals surface area contributed by atoms with Crippen molar-refractivity contribution >= 4 is 43.0 Å². The highest BCUT2D eigenvalue weighted by molar-refractivity contribution is 7.93. The molecular formula is C29H28FN3O7S2. The van der Waals surface area contributed by atoms with Gasteiger partial charge in [-0.25, -0.2) is 21.2 Å². The van der Waals surface area contributed by atoms with Crippen LogP contribution in [0.25, 0.3) is 0 Å². The van der Waals surface area contributed by atoms with Gasteiger partial charge in [0.15, 0.2) is 0 Å². The Morgan fingerprint density at radius 2 is 1.31 bits per heavy atom. The Morgan fingerprint density at radius 1 is 0.762 bits per heavy atom. The summed E-state index contributed by atoms with van der Waals surface area (Å²) in [7, 11) is -6.69. The minimum atomic E-state index is -4.27. The lowest BCUT2D eigenvalue weighted by molar-refractivity contribution is -0.114. The summed E-state index contributed by atoms with van der Waals surface area (Å²) in [5, 5.41) is 2.59. The molecule has 0 aliphatic carbocycles. The summed E-state index contributed by atoms with van der Waals surface area (Å²) in [5.41, 5.74) is 0.767. The number of hydrogen-bond donors (Lipinski definition) is 2. The summed E-state index contributed by atoms with van der Waals surface area (Å²) in [4.78, 5) is 12.8. The molecule has 0 saturated heterocycles. The summed E-state index contributed by atoms with van der Waals surface area (Å²) >= 11 is 0. The number of rotatable bonds is 12. The summed E-state index contributed by atoms with van der Waals surface area (Å²) in [6.07, 6.45) is 0. The molecule has 0 radical (unpaired) electrons.